The lowest BCUT2D eigenvalue weighted by Gasteiger charge is -2.15. The Morgan fingerprint density at radius 2 is 1.71 bits per heavy atom. The molecule has 1 heterocycles. The molecule has 0 spiro atoms. The van der Waals surface area contributed by atoms with Crippen LogP contribution in [0.3, 0.4) is 0 Å². The summed E-state index contributed by atoms with van der Waals surface area (Å²) in [7, 11) is 0. The van der Waals surface area contributed by atoms with Crippen LogP contribution >= 0.6 is 0 Å². The fourth-order valence-corrected chi connectivity index (χ4v) is 3.02. The first-order valence-corrected chi connectivity index (χ1v) is 8.73. The summed E-state index contributed by atoms with van der Waals surface area (Å²) in [5.41, 5.74) is 1.55. The Hall–Kier alpha value is -2.43. The molecule has 24 heavy (non-hydrogen) atoms. The van der Waals surface area contributed by atoms with Crippen molar-refractivity contribution in [1.82, 2.24) is 15.5 Å². The number of benzene rings is 1. The zero-order valence-electron chi connectivity index (χ0n) is 13.9. The molecular formula is C19H24N4O. The molecule has 0 aliphatic heterocycles. The average Bonchev–Trinajstić information content (AvgIpc) is 2.90. The molecule has 1 amide bonds. The van der Waals surface area contributed by atoms with Gasteiger partial charge >= 0.3 is 0 Å². The Balaban J connectivity index is 1.52. The third-order valence-electron chi connectivity index (χ3n) is 4.40. The van der Waals surface area contributed by atoms with Gasteiger partial charge in [0.2, 0.25) is 0 Å². The highest BCUT2D eigenvalue weighted by atomic mass is 16.2. The number of carbonyl (C=O) groups is 1. The van der Waals surface area contributed by atoms with Gasteiger partial charge in [0.1, 0.15) is 5.82 Å². The molecule has 0 radical (unpaired) electrons. The van der Waals surface area contributed by atoms with E-state index >= 15 is 0 Å². The number of nitrogens with zero attached hydrogens (tertiary/aromatic N) is 2. The minimum atomic E-state index is -0.121. The minimum Gasteiger partial charge on any atom is -0.365 e. The molecule has 0 bridgehead atoms. The highest BCUT2D eigenvalue weighted by Gasteiger charge is 2.16. The van der Waals surface area contributed by atoms with E-state index in [2.05, 4.69) is 33.0 Å². The third kappa shape index (κ3) is 4.78. The summed E-state index contributed by atoms with van der Waals surface area (Å²) in [6, 6.07) is 13.9. The lowest BCUT2D eigenvalue weighted by Crippen LogP contribution is -2.35. The van der Waals surface area contributed by atoms with Crippen LogP contribution in [0.15, 0.2) is 42.5 Å². The van der Waals surface area contributed by atoms with E-state index < -0.39 is 0 Å². The monoisotopic (exact) mass is 324 g/mol. The number of hydrogen-bond donors (Lipinski definition) is 2. The van der Waals surface area contributed by atoms with Gasteiger partial charge in [-0.25, -0.2) is 0 Å². The highest BCUT2D eigenvalue weighted by molar-refractivity contribution is 5.92. The fraction of sp³-hybridized carbons (Fsp3) is 0.421. The van der Waals surface area contributed by atoms with Gasteiger partial charge in [-0.2, -0.15) is 0 Å². The van der Waals surface area contributed by atoms with Crippen LogP contribution in [0, 0.1) is 0 Å². The summed E-state index contributed by atoms with van der Waals surface area (Å²) >= 11 is 0. The average molecular weight is 324 g/mol. The van der Waals surface area contributed by atoms with E-state index in [-0.39, 0.29) is 11.9 Å². The van der Waals surface area contributed by atoms with Crippen LogP contribution in [0.4, 0.5) is 5.82 Å². The summed E-state index contributed by atoms with van der Waals surface area (Å²) in [6.45, 7) is 0.684. The highest BCUT2D eigenvalue weighted by Crippen LogP contribution is 2.17. The van der Waals surface area contributed by atoms with E-state index in [1.807, 2.05) is 18.2 Å². The number of amides is 1. The first kappa shape index (κ1) is 16.4. The topological polar surface area (TPSA) is 66.9 Å². The largest absolute Gasteiger partial charge is 0.365 e. The lowest BCUT2D eigenvalue weighted by molar-refractivity contribution is 0.0927. The van der Waals surface area contributed by atoms with E-state index in [4.69, 9.17) is 0 Å². The molecule has 5 nitrogen and oxygen atoms in total. The van der Waals surface area contributed by atoms with Gasteiger partial charge in [0.25, 0.3) is 5.91 Å². The van der Waals surface area contributed by atoms with E-state index in [1.54, 1.807) is 12.1 Å². The molecule has 1 aliphatic carbocycles. The Morgan fingerprint density at radius 1 is 0.958 bits per heavy atom. The van der Waals surface area contributed by atoms with E-state index in [1.165, 1.54) is 31.2 Å². The van der Waals surface area contributed by atoms with Crippen LogP contribution in [0.5, 0.6) is 0 Å². The number of hydrogen-bond acceptors (Lipinski definition) is 4. The molecule has 5 heteroatoms. The van der Waals surface area contributed by atoms with Crippen molar-refractivity contribution in [2.75, 3.05) is 5.32 Å². The minimum absolute atomic E-state index is 0.121. The number of anilines is 1. The molecule has 2 N–H and O–H groups in total. The second-order valence-electron chi connectivity index (χ2n) is 6.30. The lowest BCUT2D eigenvalue weighted by atomic mass is 10.1. The molecule has 1 aromatic carbocycles. The number of aromatic nitrogens is 2. The van der Waals surface area contributed by atoms with Crippen molar-refractivity contribution in [2.24, 2.45) is 0 Å². The maximum atomic E-state index is 12.3. The zero-order valence-corrected chi connectivity index (χ0v) is 13.9. The van der Waals surface area contributed by atoms with Crippen LogP contribution in [-0.2, 0) is 6.54 Å². The quantitative estimate of drug-likeness (QED) is 0.826. The third-order valence-corrected chi connectivity index (χ3v) is 4.40. The van der Waals surface area contributed by atoms with Crippen molar-refractivity contribution in [1.29, 1.82) is 0 Å². The van der Waals surface area contributed by atoms with Crippen LogP contribution in [0.25, 0.3) is 0 Å². The molecule has 1 aromatic heterocycles. The summed E-state index contributed by atoms with van der Waals surface area (Å²) in [5, 5.41) is 14.5. The van der Waals surface area contributed by atoms with E-state index in [9.17, 15) is 4.79 Å². The first-order valence-electron chi connectivity index (χ1n) is 8.73. The fourth-order valence-electron chi connectivity index (χ4n) is 3.02. The molecule has 0 unspecified atom stereocenters. The molecular weight excluding hydrogens is 300 g/mol. The molecule has 2 aromatic rings. The standard InChI is InChI=1S/C19H24N4O/c24-19(21-16-10-6-1-2-7-11-16)17-12-13-18(23-22-17)20-14-15-8-4-3-5-9-15/h3-5,8-9,12-13,16H,1-2,6-7,10-11,14H2,(H,20,23)(H,21,24). The van der Waals surface area contributed by atoms with Gasteiger partial charge in [0.05, 0.1) is 0 Å². The number of carbonyl (C=O) groups excluding carboxylic acids is 1. The zero-order chi connectivity index (χ0) is 16.6. The van der Waals surface area contributed by atoms with Gasteiger partial charge in [0.15, 0.2) is 5.69 Å². The van der Waals surface area contributed by atoms with Crippen LogP contribution in [0.2, 0.25) is 0 Å². The molecule has 126 valence electrons. The predicted octanol–water partition coefficient (Wildman–Crippen LogP) is 3.54. The second kappa shape index (κ2) is 8.43. The molecule has 3 rings (SSSR count). The number of nitrogens with one attached hydrogen (secondary N) is 2. The molecule has 1 aliphatic rings. The Morgan fingerprint density at radius 3 is 2.38 bits per heavy atom. The van der Waals surface area contributed by atoms with Crippen molar-refractivity contribution in [2.45, 2.75) is 51.1 Å². The Kier molecular flexibility index (Phi) is 5.77. The summed E-state index contributed by atoms with van der Waals surface area (Å²) in [5.74, 6) is 0.550. The molecule has 1 saturated carbocycles. The number of rotatable bonds is 5. The van der Waals surface area contributed by atoms with Gasteiger partial charge in [-0.1, -0.05) is 56.0 Å². The predicted molar refractivity (Wildman–Crippen MR) is 94.8 cm³/mol. The van der Waals surface area contributed by atoms with Gasteiger partial charge in [-0.05, 0) is 30.5 Å². The van der Waals surface area contributed by atoms with Gasteiger partial charge in [0, 0.05) is 12.6 Å². The Labute approximate surface area is 142 Å². The molecule has 0 atom stereocenters. The van der Waals surface area contributed by atoms with E-state index in [0.29, 0.717) is 18.1 Å². The molecule has 1 fully saturated rings. The van der Waals surface area contributed by atoms with Crippen LogP contribution in [-0.4, -0.2) is 22.1 Å². The summed E-state index contributed by atoms with van der Waals surface area (Å²) in [4.78, 5) is 12.3. The summed E-state index contributed by atoms with van der Waals surface area (Å²) < 4.78 is 0. The van der Waals surface area contributed by atoms with E-state index in [0.717, 1.165) is 12.8 Å². The summed E-state index contributed by atoms with van der Waals surface area (Å²) in [6.07, 6.45) is 7.06. The van der Waals surface area contributed by atoms with Gasteiger partial charge in [-0.3, -0.25) is 4.79 Å². The normalized spacial score (nSPS) is 15.5. The van der Waals surface area contributed by atoms with Crippen LogP contribution in [0.1, 0.15) is 54.6 Å². The van der Waals surface area contributed by atoms with Crippen molar-refractivity contribution >= 4 is 11.7 Å². The molecule has 0 saturated heterocycles. The maximum Gasteiger partial charge on any atom is 0.272 e. The second-order valence-corrected chi connectivity index (χ2v) is 6.30. The van der Waals surface area contributed by atoms with Crippen molar-refractivity contribution in [3.63, 3.8) is 0 Å². The van der Waals surface area contributed by atoms with Crippen molar-refractivity contribution in [3.05, 3.63) is 53.7 Å². The van der Waals surface area contributed by atoms with Gasteiger partial charge < -0.3 is 10.6 Å². The first-order chi connectivity index (χ1) is 11.8. The smallest absolute Gasteiger partial charge is 0.272 e. The van der Waals surface area contributed by atoms with Crippen molar-refractivity contribution in [3.8, 4) is 0 Å². The van der Waals surface area contributed by atoms with Crippen molar-refractivity contribution < 1.29 is 4.79 Å². The maximum absolute atomic E-state index is 12.3. The SMILES string of the molecule is O=C(NC1CCCCCC1)c1ccc(NCc2ccccc2)nn1. The van der Waals surface area contributed by atoms with Crippen LogP contribution < -0.4 is 10.6 Å². The Bertz CT molecular complexity index is 634. The van der Waals surface area contributed by atoms with Gasteiger partial charge in [-0.15, -0.1) is 10.2 Å².